The van der Waals surface area contributed by atoms with Gasteiger partial charge in [0.05, 0.1) is 36.7 Å². The van der Waals surface area contributed by atoms with E-state index >= 15 is 0 Å². The van der Waals surface area contributed by atoms with Crippen LogP contribution in [0.5, 0.6) is 0 Å². The summed E-state index contributed by atoms with van der Waals surface area (Å²) >= 11 is 1.57. The van der Waals surface area contributed by atoms with Crippen molar-refractivity contribution in [3.05, 3.63) is 65.2 Å². The molecule has 1 aromatic heterocycles. The molecule has 0 aliphatic carbocycles. The number of hydrogen-bond donors (Lipinski definition) is 1. The van der Waals surface area contributed by atoms with E-state index in [-0.39, 0.29) is 12.3 Å². The van der Waals surface area contributed by atoms with Crippen molar-refractivity contribution in [2.45, 2.75) is 13.3 Å². The first-order valence-corrected chi connectivity index (χ1v) is 10.3. The van der Waals surface area contributed by atoms with E-state index in [4.69, 9.17) is 4.74 Å². The molecule has 3 aromatic rings. The van der Waals surface area contributed by atoms with Gasteiger partial charge in [-0.25, -0.2) is 4.98 Å². The second-order valence-electron chi connectivity index (χ2n) is 6.85. The number of thiazole rings is 1. The van der Waals surface area contributed by atoms with Gasteiger partial charge >= 0.3 is 0 Å². The molecule has 1 amide bonds. The van der Waals surface area contributed by atoms with Crippen LogP contribution in [0, 0.1) is 6.92 Å². The standard InChI is InChI=1S/C22H23N3O2S/c1-16-6-8-17(9-7-16)22-23-18(15-28-22)14-21(26)24-19-4-2-3-5-20(19)25-10-12-27-13-11-25/h2-9,15H,10-14H2,1H3,(H,24,26). The number of aromatic nitrogens is 1. The number of nitrogens with one attached hydrogen (secondary N) is 1. The first kappa shape index (κ1) is 18.7. The van der Waals surface area contributed by atoms with Gasteiger partial charge in [0, 0.05) is 24.0 Å². The van der Waals surface area contributed by atoms with Crippen molar-refractivity contribution in [2.75, 3.05) is 36.5 Å². The van der Waals surface area contributed by atoms with Crippen LogP contribution in [-0.2, 0) is 16.0 Å². The van der Waals surface area contributed by atoms with Gasteiger partial charge in [-0.2, -0.15) is 0 Å². The van der Waals surface area contributed by atoms with Crippen LogP contribution in [-0.4, -0.2) is 37.2 Å². The minimum atomic E-state index is -0.0542. The highest BCUT2D eigenvalue weighted by Gasteiger charge is 2.16. The number of anilines is 2. The minimum Gasteiger partial charge on any atom is -0.378 e. The molecular formula is C22H23N3O2S. The fourth-order valence-corrected chi connectivity index (χ4v) is 4.06. The molecule has 1 saturated heterocycles. The molecule has 0 atom stereocenters. The van der Waals surface area contributed by atoms with Crippen LogP contribution >= 0.6 is 11.3 Å². The Kier molecular flexibility index (Phi) is 5.69. The van der Waals surface area contributed by atoms with Crippen LogP contribution in [0.15, 0.2) is 53.9 Å². The maximum atomic E-state index is 12.6. The largest absolute Gasteiger partial charge is 0.378 e. The number of nitrogens with zero attached hydrogens (tertiary/aromatic N) is 2. The maximum Gasteiger partial charge on any atom is 0.230 e. The van der Waals surface area contributed by atoms with Crippen LogP contribution < -0.4 is 10.2 Å². The number of aryl methyl sites for hydroxylation is 1. The Morgan fingerprint density at radius 2 is 1.89 bits per heavy atom. The highest BCUT2D eigenvalue weighted by molar-refractivity contribution is 7.13. The van der Waals surface area contributed by atoms with Gasteiger partial charge in [-0.15, -0.1) is 11.3 Å². The second-order valence-corrected chi connectivity index (χ2v) is 7.71. The number of benzene rings is 2. The Hall–Kier alpha value is -2.70. The molecule has 1 N–H and O–H groups in total. The van der Waals surface area contributed by atoms with E-state index in [0.29, 0.717) is 13.2 Å². The highest BCUT2D eigenvalue weighted by atomic mass is 32.1. The normalized spacial score (nSPS) is 14.1. The Morgan fingerprint density at radius 3 is 2.68 bits per heavy atom. The molecule has 1 fully saturated rings. The zero-order valence-corrected chi connectivity index (χ0v) is 16.7. The topological polar surface area (TPSA) is 54.5 Å². The Balaban J connectivity index is 1.43. The van der Waals surface area contributed by atoms with E-state index in [0.717, 1.165) is 40.7 Å². The highest BCUT2D eigenvalue weighted by Crippen LogP contribution is 2.27. The number of ether oxygens (including phenoxy) is 1. The summed E-state index contributed by atoms with van der Waals surface area (Å²) in [4.78, 5) is 19.5. The van der Waals surface area contributed by atoms with Crippen molar-refractivity contribution in [2.24, 2.45) is 0 Å². The van der Waals surface area contributed by atoms with E-state index in [1.807, 2.05) is 29.6 Å². The third kappa shape index (κ3) is 4.40. The number of para-hydroxylation sites is 2. The van der Waals surface area contributed by atoms with Crippen LogP contribution in [0.1, 0.15) is 11.3 Å². The Labute approximate surface area is 169 Å². The van der Waals surface area contributed by atoms with Gasteiger partial charge in [0.2, 0.25) is 5.91 Å². The fourth-order valence-electron chi connectivity index (χ4n) is 3.24. The molecule has 0 saturated carbocycles. The first-order valence-electron chi connectivity index (χ1n) is 9.42. The summed E-state index contributed by atoms with van der Waals surface area (Å²) in [5.74, 6) is -0.0542. The molecule has 0 unspecified atom stereocenters. The maximum absolute atomic E-state index is 12.6. The molecule has 0 bridgehead atoms. The molecular weight excluding hydrogens is 370 g/mol. The number of amides is 1. The lowest BCUT2D eigenvalue weighted by Crippen LogP contribution is -2.36. The molecule has 0 spiro atoms. The predicted octanol–water partition coefficient (Wildman–Crippen LogP) is 4.14. The van der Waals surface area contributed by atoms with E-state index in [1.165, 1.54) is 5.56 Å². The Bertz CT molecular complexity index is 946. The fraction of sp³-hybridized carbons (Fsp3) is 0.273. The molecule has 1 aliphatic heterocycles. The average molecular weight is 394 g/mol. The van der Waals surface area contributed by atoms with Crippen molar-refractivity contribution in [3.63, 3.8) is 0 Å². The van der Waals surface area contributed by atoms with Crippen molar-refractivity contribution in [1.29, 1.82) is 0 Å². The second kappa shape index (κ2) is 8.54. The quantitative estimate of drug-likeness (QED) is 0.708. The van der Waals surface area contributed by atoms with E-state index in [9.17, 15) is 4.79 Å². The molecule has 4 rings (SSSR count). The third-order valence-electron chi connectivity index (χ3n) is 4.72. The monoisotopic (exact) mass is 393 g/mol. The minimum absolute atomic E-state index is 0.0542. The lowest BCUT2D eigenvalue weighted by molar-refractivity contribution is -0.115. The molecule has 2 heterocycles. The SMILES string of the molecule is Cc1ccc(-c2nc(CC(=O)Nc3ccccc3N3CCOCC3)cs2)cc1. The number of carbonyl (C=O) groups is 1. The zero-order valence-electron chi connectivity index (χ0n) is 15.9. The summed E-state index contributed by atoms with van der Waals surface area (Å²) in [5.41, 5.74) is 4.97. The van der Waals surface area contributed by atoms with E-state index in [1.54, 1.807) is 11.3 Å². The van der Waals surface area contributed by atoms with E-state index < -0.39 is 0 Å². The molecule has 0 radical (unpaired) electrons. The molecule has 144 valence electrons. The first-order chi connectivity index (χ1) is 13.7. The summed E-state index contributed by atoms with van der Waals surface area (Å²) in [6, 6.07) is 16.2. The summed E-state index contributed by atoms with van der Waals surface area (Å²) in [6.07, 6.45) is 0.264. The predicted molar refractivity (Wildman–Crippen MR) is 114 cm³/mol. The molecule has 2 aromatic carbocycles. The van der Waals surface area contributed by atoms with Gasteiger partial charge in [0.25, 0.3) is 0 Å². The zero-order chi connectivity index (χ0) is 19.3. The Morgan fingerprint density at radius 1 is 1.14 bits per heavy atom. The average Bonchev–Trinajstić information content (AvgIpc) is 3.18. The number of carbonyl (C=O) groups excluding carboxylic acids is 1. The van der Waals surface area contributed by atoms with Crippen LogP contribution in [0.25, 0.3) is 10.6 Å². The van der Waals surface area contributed by atoms with Crippen molar-refractivity contribution in [3.8, 4) is 10.6 Å². The van der Waals surface area contributed by atoms with Gasteiger partial charge in [0.1, 0.15) is 5.01 Å². The number of hydrogen-bond acceptors (Lipinski definition) is 5. The van der Waals surface area contributed by atoms with Gasteiger partial charge in [-0.1, -0.05) is 42.0 Å². The summed E-state index contributed by atoms with van der Waals surface area (Å²) < 4.78 is 5.43. The lowest BCUT2D eigenvalue weighted by atomic mass is 10.2. The van der Waals surface area contributed by atoms with Gasteiger partial charge in [-0.3, -0.25) is 4.79 Å². The third-order valence-corrected chi connectivity index (χ3v) is 5.66. The smallest absolute Gasteiger partial charge is 0.230 e. The molecule has 6 heteroatoms. The summed E-state index contributed by atoms with van der Waals surface area (Å²) in [6.45, 7) is 5.15. The van der Waals surface area contributed by atoms with Crippen LogP contribution in [0.2, 0.25) is 0 Å². The number of morpholine rings is 1. The summed E-state index contributed by atoms with van der Waals surface area (Å²) in [5, 5.41) is 5.96. The summed E-state index contributed by atoms with van der Waals surface area (Å²) in [7, 11) is 0. The van der Waals surface area contributed by atoms with Crippen molar-refractivity contribution in [1.82, 2.24) is 4.98 Å². The number of rotatable bonds is 5. The van der Waals surface area contributed by atoms with Gasteiger partial charge < -0.3 is 15.0 Å². The van der Waals surface area contributed by atoms with Crippen LogP contribution in [0.3, 0.4) is 0 Å². The van der Waals surface area contributed by atoms with Crippen LogP contribution in [0.4, 0.5) is 11.4 Å². The lowest BCUT2D eigenvalue weighted by Gasteiger charge is -2.30. The molecule has 5 nitrogen and oxygen atoms in total. The van der Waals surface area contributed by atoms with Gasteiger partial charge in [-0.05, 0) is 19.1 Å². The molecule has 1 aliphatic rings. The molecule has 28 heavy (non-hydrogen) atoms. The van der Waals surface area contributed by atoms with E-state index in [2.05, 4.69) is 46.4 Å². The van der Waals surface area contributed by atoms with Gasteiger partial charge in [0.15, 0.2) is 0 Å². The van der Waals surface area contributed by atoms with Crippen molar-refractivity contribution >= 4 is 28.6 Å². The van der Waals surface area contributed by atoms with Crippen molar-refractivity contribution < 1.29 is 9.53 Å².